The summed E-state index contributed by atoms with van der Waals surface area (Å²) in [5, 5.41) is 1.27. The van der Waals surface area contributed by atoms with E-state index in [1.165, 1.54) is 9.71 Å². The molecule has 0 saturated heterocycles. The minimum atomic E-state index is -3.40. The molecule has 0 N–H and O–H groups in total. The van der Waals surface area contributed by atoms with Gasteiger partial charge >= 0.3 is 0 Å². The average molecular weight is 342 g/mol. The number of nitrogens with zero attached hydrogens (tertiary/aromatic N) is 1. The summed E-state index contributed by atoms with van der Waals surface area (Å²) in [6.45, 7) is 4.21. The molecule has 1 aliphatic rings. The van der Waals surface area contributed by atoms with Gasteiger partial charge in [0.1, 0.15) is 0 Å². The molecule has 5 heteroatoms. The summed E-state index contributed by atoms with van der Waals surface area (Å²) in [4.78, 5) is 0. The van der Waals surface area contributed by atoms with Crippen LogP contribution in [-0.4, -0.2) is 24.8 Å². The molecule has 0 spiro atoms. The third-order valence-electron chi connectivity index (χ3n) is 3.05. The number of benzene rings is 1. The molecule has 0 aromatic heterocycles. The van der Waals surface area contributed by atoms with Crippen molar-refractivity contribution >= 4 is 32.0 Å². The molecule has 1 heterocycles. The molecule has 0 atom stereocenters. The Kier molecular flexibility index (Phi) is 3.99. The molecule has 0 fully saturated rings. The third kappa shape index (κ3) is 3.35. The summed E-state index contributed by atoms with van der Waals surface area (Å²) < 4.78 is 27.0. The van der Waals surface area contributed by atoms with Gasteiger partial charge in [-0.25, -0.2) is 8.42 Å². The molecule has 1 aromatic rings. The molecule has 0 radical (unpaired) electrons. The van der Waals surface area contributed by atoms with Crippen LogP contribution in [0, 0.1) is 0 Å². The van der Waals surface area contributed by atoms with Crippen molar-refractivity contribution in [3.63, 3.8) is 0 Å². The maximum atomic E-state index is 12.3. The molecular formula is C14H16BrNO2S. The molecule has 1 aliphatic heterocycles. The first-order valence-corrected chi connectivity index (χ1v) is 8.25. The molecule has 2 rings (SSSR count). The van der Waals surface area contributed by atoms with Gasteiger partial charge in [0, 0.05) is 22.0 Å². The standard InChI is InChI=1S/C14H16BrNO2S/c1-14(2)9-3-10-16(14)19(17,18)11-8-12-4-6-13(15)7-5-12/h3-9,11H,10H2,1-2H3/b11-8+. The summed E-state index contributed by atoms with van der Waals surface area (Å²) in [5.74, 6) is 0. The van der Waals surface area contributed by atoms with E-state index in [2.05, 4.69) is 15.9 Å². The van der Waals surface area contributed by atoms with Crippen molar-refractivity contribution in [1.82, 2.24) is 4.31 Å². The molecule has 0 unspecified atom stereocenters. The molecule has 19 heavy (non-hydrogen) atoms. The average Bonchev–Trinajstić information content (AvgIpc) is 2.69. The van der Waals surface area contributed by atoms with E-state index < -0.39 is 15.6 Å². The smallest absolute Gasteiger partial charge is 0.207 e. The van der Waals surface area contributed by atoms with E-state index in [4.69, 9.17) is 0 Å². The van der Waals surface area contributed by atoms with E-state index in [-0.39, 0.29) is 0 Å². The lowest BCUT2D eigenvalue weighted by Crippen LogP contribution is -2.41. The Hall–Kier alpha value is -0.910. The third-order valence-corrected chi connectivity index (χ3v) is 5.29. The monoisotopic (exact) mass is 341 g/mol. The lowest BCUT2D eigenvalue weighted by atomic mass is 10.1. The van der Waals surface area contributed by atoms with Crippen molar-refractivity contribution in [3.05, 3.63) is 51.9 Å². The Bertz CT molecular complexity index is 615. The van der Waals surface area contributed by atoms with Gasteiger partial charge in [-0.2, -0.15) is 4.31 Å². The normalized spacial score (nSPS) is 19.3. The highest BCUT2D eigenvalue weighted by molar-refractivity contribution is 9.10. The van der Waals surface area contributed by atoms with Crippen LogP contribution >= 0.6 is 15.9 Å². The number of hydrogen-bond donors (Lipinski definition) is 0. The summed E-state index contributed by atoms with van der Waals surface area (Å²) >= 11 is 3.35. The first-order chi connectivity index (χ1) is 8.81. The zero-order valence-electron chi connectivity index (χ0n) is 10.9. The predicted molar refractivity (Wildman–Crippen MR) is 82.0 cm³/mol. The van der Waals surface area contributed by atoms with E-state index in [0.29, 0.717) is 6.54 Å². The molecule has 1 aromatic carbocycles. The van der Waals surface area contributed by atoms with Gasteiger partial charge < -0.3 is 0 Å². The second-order valence-corrected chi connectivity index (χ2v) is 7.64. The summed E-state index contributed by atoms with van der Waals surface area (Å²) in [7, 11) is -3.40. The fourth-order valence-electron chi connectivity index (χ4n) is 2.00. The predicted octanol–water partition coefficient (Wildman–Crippen LogP) is 3.40. The largest absolute Gasteiger partial charge is 0.237 e. The topological polar surface area (TPSA) is 37.4 Å². The van der Waals surface area contributed by atoms with Gasteiger partial charge in [0.05, 0.1) is 0 Å². The lowest BCUT2D eigenvalue weighted by molar-refractivity contribution is 0.330. The van der Waals surface area contributed by atoms with Gasteiger partial charge in [-0.1, -0.05) is 40.2 Å². The van der Waals surface area contributed by atoms with E-state index in [0.717, 1.165) is 10.0 Å². The van der Waals surface area contributed by atoms with Crippen LogP contribution in [0.4, 0.5) is 0 Å². The Morgan fingerprint density at radius 2 is 1.89 bits per heavy atom. The van der Waals surface area contributed by atoms with Crippen LogP contribution < -0.4 is 0 Å². The van der Waals surface area contributed by atoms with Gasteiger partial charge in [0.2, 0.25) is 10.0 Å². The van der Waals surface area contributed by atoms with Gasteiger partial charge in [0.15, 0.2) is 0 Å². The van der Waals surface area contributed by atoms with E-state index >= 15 is 0 Å². The van der Waals surface area contributed by atoms with Crippen LogP contribution in [0.2, 0.25) is 0 Å². The molecule has 0 saturated carbocycles. The second kappa shape index (κ2) is 5.23. The summed E-state index contributed by atoms with van der Waals surface area (Å²) in [5.41, 5.74) is 0.403. The van der Waals surface area contributed by atoms with Gasteiger partial charge in [-0.3, -0.25) is 0 Å². The molecule has 3 nitrogen and oxygen atoms in total. The van der Waals surface area contributed by atoms with Gasteiger partial charge in [-0.15, -0.1) is 0 Å². The van der Waals surface area contributed by atoms with Crippen LogP contribution in [0.3, 0.4) is 0 Å². The van der Waals surface area contributed by atoms with Crippen molar-refractivity contribution < 1.29 is 8.42 Å². The maximum Gasteiger partial charge on any atom is 0.237 e. The zero-order valence-corrected chi connectivity index (χ0v) is 13.3. The molecule has 102 valence electrons. The van der Waals surface area contributed by atoms with Gasteiger partial charge in [0.25, 0.3) is 0 Å². The molecule has 0 amide bonds. The SMILES string of the molecule is CC1(C)C=CCN1S(=O)(=O)/C=C/c1ccc(Br)cc1. The quantitative estimate of drug-likeness (QED) is 0.790. The number of sulfonamides is 1. The fourth-order valence-corrected chi connectivity index (χ4v) is 3.75. The zero-order chi connectivity index (χ0) is 14.1. The Labute approximate surface area is 122 Å². The Morgan fingerprint density at radius 3 is 2.42 bits per heavy atom. The highest BCUT2D eigenvalue weighted by atomic mass is 79.9. The van der Waals surface area contributed by atoms with Crippen molar-refractivity contribution in [2.75, 3.05) is 6.54 Å². The van der Waals surface area contributed by atoms with E-state index in [1.807, 2.05) is 50.3 Å². The van der Waals surface area contributed by atoms with Crippen molar-refractivity contribution in [3.8, 4) is 0 Å². The number of hydrogen-bond acceptors (Lipinski definition) is 2. The summed E-state index contributed by atoms with van der Waals surface area (Å²) in [6, 6.07) is 7.49. The van der Waals surface area contributed by atoms with Crippen LogP contribution in [0.5, 0.6) is 0 Å². The molecule has 0 bridgehead atoms. The highest BCUT2D eigenvalue weighted by Gasteiger charge is 2.35. The highest BCUT2D eigenvalue weighted by Crippen LogP contribution is 2.26. The van der Waals surface area contributed by atoms with Crippen LogP contribution in [0.1, 0.15) is 19.4 Å². The number of halogens is 1. The first kappa shape index (κ1) is 14.5. The fraction of sp³-hybridized carbons (Fsp3) is 0.286. The van der Waals surface area contributed by atoms with Crippen LogP contribution in [0.25, 0.3) is 6.08 Å². The second-order valence-electron chi connectivity index (χ2n) is 4.99. The summed E-state index contributed by atoms with van der Waals surface area (Å²) in [6.07, 6.45) is 5.42. The minimum Gasteiger partial charge on any atom is -0.207 e. The van der Waals surface area contributed by atoms with Crippen LogP contribution in [-0.2, 0) is 10.0 Å². The molecular weight excluding hydrogens is 326 g/mol. The minimum absolute atomic E-state index is 0.431. The molecule has 0 aliphatic carbocycles. The Balaban J connectivity index is 2.20. The van der Waals surface area contributed by atoms with Crippen LogP contribution in [0.15, 0.2) is 46.3 Å². The maximum absolute atomic E-state index is 12.3. The van der Waals surface area contributed by atoms with Gasteiger partial charge in [-0.05, 0) is 37.6 Å². The first-order valence-electron chi connectivity index (χ1n) is 5.95. The number of rotatable bonds is 3. The Morgan fingerprint density at radius 1 is 1.26 bits per heavy atom. The van der Waals surface area contributed by atoms with Crippen molar-refractivity contribution in [2.24, 2.45) is 0 Å². The van der Waals surface area contributed by atoms with Crippen molar-refractivity contribution in [2.45, 2.75) is 19.4 Å². The lowest BCUT2D eigenvalue weighted by Gasteiger charge is -2.28. The van der Waals surface area contributed by atoms with E-state index in [9.17, 15) is 8.42 Å². The van der Waals surface area contributed by atoms with E-state index in [1.54, 1.807) is 6.08 Å². The van der Waals surface area contributed by atoms with Crippen molar-refractivity contribution in [1.29, 1.82) is 0 Å².